The predicted molar refractivity (Wildman–Crippen MR) is 90.3 cm³/mol. The SMILES string of the molecule is CCOc1ccccc1OCC(=O)N/N=C/c1ccc(I)o1. The van der Waals surface area contributed by atoms with Crippen molar-refractivity contribution in [1.29, 1.82) is 0 Å². The van der Waals surface area contributed by atoms with Gasteiger partial charge in [0, 0.05) is 0 Å². The number of hydrazone groups is 1. The molecule has 0 atom stereocenters. The number of para-hydroxylation sites is 2. The Morgan fingerprint density at radius 3 is 2.64 bits per heavy atom. The number of amides is 1. The summed E-state index contributed by atoms with van der Waals surface area (Å²) in [5.41, 5.74) is 2.36. The van der Waals surface area contributed by atoms with Gasteiger partial charge in [0.1, 0.15) is 5.76 Å². The molecule has 0 spiro atoms. The summed E-state index contributed by atoms with van der Waals surface area (Å²) in [7, 11) is 0. The number of hydrogen-bond donors (Lipinski definition) is 1. The van der Waals surface area contributed by atoms with E-state index in [1.54, 1.807) is 24.3 Å². The number of ether oxygens (including phenoxy) is 2. The van der Waals surface area contributed by atoms with Crippen molar-refractivity contribution in [2.24, 2.45) is 5.10 Å². The molecule has 2 rings (SSSR count). The maximum Gasteiger partial charge on any atom is 0.277 e. The summed E-state index contributed by atoms with van der Waals surface area (Å²) < 4.78 is 16.9. The first-order valence-electron chi connectivity index (χ1n) is 6.61. The third kappa shape index (κ3) is 5.06. The van der Waals surface area contributed by atoms with Crippen molar-refractivity contribution in [3.8, 4) is 11.5 Å². The van der Waals surface area contributed by atoms with Gasteiger partial charge in [0.2, 0.25) is 0 Å². The number of halogens is 1. The molecule has 1 heterocycles. The minimum Gasteiger partial charge on any atom is -0.490 e. The number of nitrogens with zero attached hydrogens (tertiary/aromatic N) is 1. The monoisotopic (exact) mass is 414 g/mol. The summed E-state index contributed by atoms with van der Waals surface area (Å²) in [6.07, 6.45) is 1.42. The van der Waals surface area contributed by atoms with Crippen molar-refractivity contribution in [3.05, 3.63) is 45.9 Å². The first-order valence-corrected chi connectivity index (χ1v) is 7.68. The quantitative estimate of drug-likeness (QED) is 0.430. The molecule has 22 heavy (non-hydrogen) atoms. The maximum absolute atomic E-state index is 11.7. The zero-order chi connectivity index (χ0) is 15.8. The minimum atomic E-state index is -0.371. The van der Waals surface area contributed by atoms with Crippen LogP contribution >= 0.6 is 22.6 Å². The molecular weight excluding hydrogens is 399 g/mol. The lowest BCUT2D eigenvalue weighted by molar-refractivity contribution is -0.123. The van der Waals surface area contributed by atoms with Crippen molar-refractivity contribution in [2.75, 3.05) is 13.2 Å². The van der Waals surface area contributed by atoms with Crippen LogP contribution in [0.1, 0.15) is 12.7 Å². The van der Waals surface area contributed by atoms with Gasteiger partial charge in [-0.1, -0.05) is 12.1 Å². The molecule has 1 amide bonds. The number of hydrogen-bond acceptors (Lipinski definition) is 5. The lowest BCUT2D eigenvalue weighted by Crippen LogP contribution is -2.24. The Kier molecular flexibility index (Phi) is 6.26. The van der Waals surface area contributed by atoms with Gasteiger partial charge in [0.05, 0.1) is 12.8 Å². The zero-order valence-corrected chi connectivity index (χ0v) is 14.1. The molecule has 116 valence electrons. The molecule has 2 aromatic rings. The molecule has 0 aliphatic rings. The second kappa shape index (κ2) is 8.42. The van der Waals surface area contributed by atoms with Crippen LogP contribution in [0.5, 0.6) is 11.5 Å². The fourth-order valence-electron chi connectivity index (χ4n) is 1.59. The van der Waals surface area contributed by atoms with Gasteiger partial charge < -0.3 is 13.9 Å². The maximum atomic E-state index is 11.7. The fraction of sp³-hybridized carbons (Fsp3) is 0.200. The molecule has 0 fully saturated rings. The molecular formula is C15H15IN2O4. The lowest BCUT2D eigenvalue weighted by atomic mass is 10.3. The van der Waals surface area contributed by atoms with E-state index in [0.717, 1.165) is 3.77 Å². The van der Waals surface area contributed by atoms with Crippen LogP contribution in [0.25, 0.3) is 0 Å². The van der Waals surface area contributed by atoms with Crippen molar-refractivity contribution in [2.45, 2.75) is 6.92 Å². The van der Waals surface area contributed by atoms with Gasteiger partial charge in [0.15, 0.2) is 21.9 Å². The molecule has 1 N–H and O–H groups in total. The highest BCUT2D eigenvalue weighted by molar-refractivity contribution is 14.1. The Bertz CT molecular complexity index is 654. The molecule has 0 aliphatic carbocycles. The first kappa shape index (κ1) is 16.3. The zero-order valence-electron chi connectivity index (χ0n) is 11.9. The summed E-state index contributed by atoms with van der Waals surface area (Å²) in [5, 5.41) is 3.79. The Labute approximate surface area is 141 Å². The number of carbonyl (C=O) groups excluding carboxylic acids is 1. The van der Waals surface area contributed by atoms with Crippen LogP contribution < -0.4 is 14.9 Å². The molecule has 7 heteroatoms. The molecule has 0 unspecified atom stereocenters. The Morgan fingerprint density at radius 1 is 1.27 bits per heavy atom. The van der Waals surface area contributed by atoms with Crippen molar-refractivity contribution in [1.82, 2.24) is 5.43 Å². The lowest BCUT2D eigenvalue weighted by Gasteiger charge is -2.10. The van der Waals surface area contributed by atoms with Gasteiger partial charge >= 0.3 is 0 Å². The highest BCUT2D eigenvalue weighted by atomic mass is 127. The van der Waals surface area contributed by atoms with Gasteiger partial charge in [-0.2, -0.15) is 5.10 Å². The smallest absolute Gasteiger partial charge is 0.277 e. The number of carbonyl (C=O) groups is 1. The topological polar surface area (TPSA) is 73.1 Å². The van der Waals surface area contributed by atoms with E-state index < -0.39 is 0 Å². The standard InChI is InChI=1S/C15H15IN2O4/c1-2-20-12-5-3-4-6-13(12)21-10-15(19)18-17-9-11-7-8-14(16)22-11/h3-9H,2,10H2,1H3,(H,18,19)/b17-9+. The van der Waals surface area contributed by atoms with Gasteiger partial charge in [0.25, 0.3) is 5.91 Å². The second-order valence-electron chi connectivity index (χ2n) is 4.10. The van der Waals surface area contributed by atoms with E-state index in [0.29, 0.717) is 23.9 Å². The molecule has 6 nitrogen and oxygen atoms in total. The van der Waals surface area contributed by atoms with Crippen LogP contribution in [0.4, 0.5) is 0 Å². The van der Waals surface area contributed by atoms with E-state index in [1.807, 2.05) is 41.6 Å². The number of furan rings is 1. The summed E-state index contributed by atoms with van der Waals surface area (Å²) in [6.45, 7) is 2.25. The Morgan fingerprint density at radius 2 is 2.00 bits per heavy atom. The number of benzene rings is 1. The second-order valence-corrected chi connectivity index (χ2v) is 5.17. The average molecular weight is 414 g/mol. The van der Waals surface area contributed by atoms with Gasteiger partial charge in [-0.05, 0) is 53.8 Å². The van der Waals surface area contributed by atoms with Crippen molar-refractivity contribution < 1.29 is 18.7 Å². The summed E-state index contributed by atoms with van der Waals surface area (Å²) in [6, 6.07) is 10.7. The highest BCUT2D eigenvalue weighted by Gasteiger charge is 2.06. The van der Waals surface area contributed by atoms with Crippen molar-refractivity contribution in [3.63, 3.8) is 0 Å². The normalized spacial score (nSPS) is 10.6. The van der Waals surface area contributed by atoms with E-state index in [4.69, 9.17) is 13.9 Å². The van der Waals surface area contributed by atoms with E-state index in [1.165, 1.54) is 6.21 Å². The number of nitrogens with one attached hydrogen (secondary N) is 1. The van der Waals surface area contributed by atoms with E-state index >= 15 is 0 Å². The van der Waals surface area contributed by atoms with Crippen LogP contribution in [-0.4, -0.2) is 25.3 Å². The molecule has 0 radical (unpaired) electrons. The summed E-state index contributed by atoms with van der Waals surface area (Å²) in [5.74, 6) is 1.31. The highest BCUT2D eigenvalue weighted by Crippen LogP contribution is 2.26. The molecule has 0 aliphatic heterocycles. The minimum absolute atomic E-state index is 0.156. The van der Waals surface area contributed by atoms with Crippen LogP contribution in [0, 0.1) is 3.77 Å². The van der Waals surface area contributed by atoms with Crippen LogP contribution in [-0.2, 0) is 4.79 Å². The Balaban J connectivity index is 1.81. The molecule has 0 bridgehead atoms. The van der Waals surface area contributed by atoms with Gasteiger partial charge in [-0.15, -0.1) is 0 Å². The van der Waals surface area contributed by atoms with Crippen LogP contribution in [0.3, 0.4) is 0 Å². The molecule has 1 aromatic carbocycles. The average Bonchev–Trinajstić information content (AvgIpc) is 2.92. The van der Waals surface area contributed by atoms with Crippen LogP contribution in [0.2, 0.25) is 0 Å². The van der Waals surface area contributed by atoms with Crippen LogP contribution in [0.15, 0.2) is 45.9 Å². The molecule has 0 saturated carbocycles. The van der Waals surface area contributed by atoms with E-state index in [-0.39, 0.29) is 12.5 Å². The van der Waals surface area contributed by atoms with E-state index in [2.05, 4.69) is 10.5 Å². The Hall–Kier alpha value is -2.03. The fourth-order valence-corrected chi connectivity index (χ4v) is 2.02. The molecule has 1 aromatic heterocycles. The first-order chi connectivity index (χ1) is 10.7. The van der Waals surface area contributed by atoms with Crippen molar-refractivity contribution >= 4 is 34.7 Å². The largest absolute Gasteiger partial charge is 0.490 e. The number of rotatable bonds is 7. The summed E-state index contributed by atoms with van der Waals surface area (Å²) in [4.78, 5) is 11.7. The third-order valence-electron chi connectivity index (χ3n) is 2.48. The van der Waals surface area contributed by atoms with Gasteiger partial charge in [-0.25, -0.2) is 5.43 Å². The summed E-state index contributed by atoms with van der Waals surface area (Å²) >= 11 is 2.05. The van der Waals surface area contributed by atoms with Gasteiger partial charge in [-0.3, -0.25) is 4.79 Å². The molecule has 0 saturated heterocycles. The third-order valence-corrected chi connectivity index (χ3v) is 3.06. The van der Waals surface area contributed by atoms with E-state index in [9.17, 15) is 4.79 Å². The predicted octanol–water partition coefficient (Wildman–Crippen LogP) is 2.81.